The van der Waals surface area contributed by atoms with E-state index in [1.54, 1.807) is 4.90 Å². The highest BCUT2D eigenvalue weighted by Crippen LogP contribution is 2.28. The van der Waals surface area contributed by atoms with E-state index in [1.807, 2.05) is 4.90 Å². The number of hydrogen-bond donors (Lipinski definition) is 0. The third-order valence-electron chi connectivity index (χ3n) is 4.85. The number of ether oxygens (including phenoxy) is 1. The third kappa shape index (κ3) is 2.24. The Morgan fingerprint density at radius 1 is 1.26 bits per heavy atom. The molecule has 3 heterocycles. The average Bonchev–Trinajstić information content (AvgIpc) is 3.07. The summed E-state index contributed by atoms with van der Waals surface area (Å²) in [6.45, 7) is 4.97. The lowest BCUT2D eigenvalue weighted by molar-refractivity contribution is -0.141. The van der Waals surface area contributed by atoms with E-state index in [0.717, 1.165) is 39.0 Å². The maximum Gasteiger partial charge on any atom is 0.245 e. The van der Waals surface area contributed by atoms with E-state index in [0.29, 0.717) is 18.9 Å². The Bertz CT molecular complexity index is 379. The largest absolute Gasteiger partial charge is 0.381 e. The summed E-state index contributed by atoms with van der Waals surface area (Å²) in [6, 6.07) is -0.0110. The van der Waals surface area contributed by atoms with Crippen molar-refractivity contribution in [3.05, 3.63) is 0 Å². The molecule has 0 N–H and O–H groups in total. The number of nitrogens with zero attached hydrogens (tertiary/aromatic N) is 2. The molecule has 19 heavy (non-hydrogen) atoms. The Labute approximate surface area is 113 Å². The minimum absolute atomic E-state index is 0.147. The lowest BCUT2D eigenvalue weighted by Crippen LogP contribution is -2.49. The second kappa shape index (κ2) is 5.12. The van der Waals surface area contributed by atoms with Gasteiger partial charge in [-0.25, -0.2) is 0 Å². The first-order valence-electron chi connectivity index (χ1n) is 7.36. The number of rotatable bonds is 2. The minimum atomic E-state index is -0.195. The molecule has 0 radical (unpaired) electrons. The zero-order chi connectivity index (χ0) is 13.4. The van der Waals surface area contributed by atoms with Crippen LogP contribution in [0.1, 0.15) is 32.6 Å². The minimum Gasteiger partial charge on any atom is -0.381 e. The van der Waals surface area contributed by atoms with Gasteiger partial charge in [0.05, 0.1) is 6.61 Å². The Hall–Kier alpha value is -1.10. The summed E-state index contributed by atoms with van der Waals surface area (Å²) >= 11 is 0. The van der Waals surface area contributed by atoms with Crippen LogP contribution in [-0.4, -0.2) is 60.0 Å². The van der Waals surface area contributed by atoms with Crippen molar-refractivity contribution in [2.75, 3.05) is 26.3 Å². The number of amides is 2. The van der Waals surface area contributed by atoms with Crippen LogP contribution in [0.25, 0.3) is 0 Å². The topological polar surface area (TPSA) is 49.9 Å². The molecule has 0 aromatic heterocycles. The van der Waals surface area contributed by atoms with Gasteiger partial charge in [-0.05, 0) is 26.2 Å². The molecule has 0 spiro atoms. The molecule has 5 nitrogen and oxygen atoms in total. The first kappa shape index (κ1) is 12.9. The smallest absolute Gasteiger partial charge is 0.245 e. The maximum absolute atomic E-state index is 12.7. The Kier molecular flexibility index (Phi) is 3.48. The lowest BCUT2D eigenvalue weighted by Gasteiger charge is -2.33. The SMILES string of the molecule is CC(C1CCOC1)N1CCC(=O)N2CCCC2C1=O. The van der Waals surface area contributed by atoms with Crippen LogP contribution < -0.4 is 0 Å². The van der Waals surface area contributed by atoms with Gasteiger partial charge in [0.1, 0.15) is 6.04 Å². The predicted octanol–water partition coefficient (Wildman–Crippen LogP) is 0.635. The first-order valence-corrected chi connectivity index (χ1v) is 7.36. The molecular formula is C14H22N2O3. The van der Waals surface area contributed by atoms with E-state index in [2.05, 4.69) is 6.92 Å². The van der Waals surface area contributed by atoms with Gasteiger partial charge >= 0.3 is 0 Å². The van der Waals surface area contributed by atoms with Crippen LogP contribution in [0.4, 0.5) is 0 Å². The van der Waals surface area contributed by atoms with E-state index >= 15 is 0 Å². The maximum atomic E-state index is 12.7. The van der Waals surface area contributed by atoms with Crippen molar-refractivity contribution < 1.29 is 14.3 Å². The van der Waals surface area contributed by atoms with Gasteiger partial charge < -0.3 is 14.5 Å². The van der Waals surface area contributed by atoms with Crippen molar-refractivity contribution >= 4 is 11.8 Å². The van der Waals surface area contributed by atoms with Crippen molar-refractivity contribution in [2.24, 2.45) is 5.92 Å². The van der Waals surface area contributed by atoms with Gasteiger partial charge in [-0.1, -0.05) is 0 Å². The molecular weight excluding hydrogens is 244 g/mol. The van der Waals surface area contributed by atoms with Gasteiger partial charge in [0.15, 0.2) is 0 Å². The molecule has 5 heteroatoms. The fourth-order valence-corrected chi connectivity index (χ4v) is 3.58. The quantitative estimate of drug-likeness (QED) is 0.737. The van der Waals surface area contributed by atoms with E-state index < -0.39 is 0 Å². The molecule has 0 aromatic carbocycles. The van der Waals surface area contributed by atoms with Crippen molar-refractivity contribution in [3.8, 4) is 0 Å². The molecule has 106 valence electrons. The summed E-state index contributed by atoms with van der Waals surface area (Å²) in [7, 11) is 0. The van der Waals surface area contributed by atoms with Gasteiger partial charge in [0, 0.05) is 38.1 Å². The van der Waals surface area contributed by atoms with Crippen LogP contribution in [0.3, 0.4) is 0 Å². The Morgan fingerprint density at radius 2 is 2.11 bits per heavy atom. The number of carbonyl (C=O) groups excluding carboxylic acids is 2. The summed E-state index contributed by atoms with van der Waals surface area (Å²) in [6.07, 6.45) is 3.28. The fraction of sp³-hybridized carbons (Fsp3) is 0.857. The van der Waals surface area contributed by atoms with Gasteiger partial charge in [-0.2, -0.15) is 0 Å². The highest BCUT2D eigenvalue weighted by Gasteiger charge is 2.42. The summed E-state index contributed by atoms with van der Waals surface area (Å²) in [4.78, 5) is 28.4. The molecule has 3 saturated heterocycles. The molecule has 3 aliphatic heterocycles. The van der Waals surface area contributed by atoms with E-state index in [1.165, 1.54) is 0 Å². The van der Waals surface area contributed by atoms with E-state index in [-0.39, 0.29) is 23.9 Å². The number of carbonyl (C=O) groups is 2. The summed E-state index contributed by atoms with van der Waals surface area (Å²) in [5, 5.41) is 0. The molecule has 3 aliphatic rings. The summed E-state index contributed by atoms with van der Waals surface area (Å²) in [5.41, 5.74) is 0. The zero-order valence-electron chi connectivity index (χ0n) is 11.5. The highest BCUT2D eigenvalue weighted by molar-refractivity contribution is 5.90. The molecule has 3 rings (SSSR count). The van der Waals surface area contributed by atoms with Crippen molar-refractivity contribution in [3.63, 3.8) is 0 Å². The number of fused-ring (bicyclic) bond motifs is 1. The molecule has 0 aliphatic carbocycles. The van der Waals surface area contributed by atoms with E-state index in [4.69, 9.17) is 4.74 Å². The van der Waals surface area contributed by atoms with Crippen LogP contribution in [0, 0.1) is 5.92 Å². The van der Waals surface area contributed by atoms with Gasteiger partial charge in [0.2, 0.25) is 11.8 Å². The second-order valence-corrected chi connectivity index (χ2v) is 5.89. The second-order valence-electron chi connectivity index (χ2n) is 5.89. The van der Waals surface area contributed by atoms with Crippen LogP contribution in [0.15, 0.2) is 0 Å². The van der Waals surface area contributed by atoms with Gasteiger partial charge in [0.25, 0.3) is 0 Å². The third-order valence-corrected chi connectivity index (χ3v) is 4.85. The van der Waals surface area contributed by atoms with Crippen LogP contribution in [0.2, 0.25) is 0 Å². The number of hydrogen-bond acceptors (Lipinski definition) is 3. The molecule has 0 saturated carbocycles. The average molecular weight is 266 g/mol. The Balaban J connectivity index is 1.77. The molecule has 2 amide bonds. The molecule has 3 unspecified atom stereocenters. The molecule has 3 fully saturated rings. The van der Waals surface area contributed by atoms with Crippen LogP contribution >= 0.6 is 0 Å². The van der Waals surface area contributed by atoms with Crippen molar-refractivity contribution in [2.45, 2.75) is 44.7 Å². The normalized spacial score (nSPS) is 33.5. The van der Waals surface area contributed by atoms with Gasteiger partial charge in [-0.15, -0.1) is 0 Å². The Morgan fingerprint density at radius 3 is 2.84 bits per heavy atom. The van der Waals surface area contributed by atoms with Gasteiger partial charge in [-0.3, -0.25) is 9.59 Å². The monoisotopic (exact) mass is 266 g/mol. The molecule has 0 bridgehead atoms. The van der Waals surface area contributed by atoms with Crippen LogP contribution in [-0.2, 0) is 14.3 Å². The summed E-state index contributed by atoms with van der Waals surface area (Å²) in [5.74, 6) is 0.725. The van der Waals surface area contributed by atoms with Crippen molar-refractivity contribution in [1.82, 2.24) is 9.80 Å². The molecule has 0 aromatic rings. The zero-order valence-corrected chi connectivity index (χ0v) is 11.5. The standard InChI is InChI=1S/C14H22N2O3/c1-10(11-5-8-19-9-11)15-7-4-13(17)16-6-2-3-12(16)14(15)18/h10-12H,2-9H2,1H3. The van der Waals surface area contributed by atoms with Crippen molar-refractivity contribution in [1.29, 1.82) is 0 Å². The molecule has 3 atom stereocenters. The summed E-state index contributed by atoms with van der Waals surface area (Å²) < 4.78 is 5.43. The van der Waals surface area contributed by atoms with E-state index in [9.17, 15) is 9.59 Å². The highest BCUT2D eigenvalue weighted by atomic mass is 16.5. The lowest BCUT2D eigenvalue weighted by atomic mass is 9.98. The van der Waals surface area contributed by atoms with Crippen LogP contribution in [0.5, 0.6) is 0 Å². The fourth-order valence-electron chi connectivity index (χ4n) is 3.58. The first-order chi connectivity index (χ1) is 9.18. The predicted molar refractivity (Wildman–Crippen MR) is 69.5 cm³/mol.